The van der Waals surface area contributed by atoms with E-state index in [1.807, 2.05) is 19.1 Å². The molecule has 1 saturated heterocycles. The van der Waals surface area contributed by atoms with Crippen LogP contribution in [0, 0.1) is 0 Å². The van der Waals surface area contributed by atoms with Gasteiger partial charge in [0.2, 0.25) is 0 Å². The van der Waals surface area contributed by atoms with E-state index in [9.17, 15) is 9.90 Å². The molecule has 1 aliphatic heterocycles. The van der Waals surface area contributed by atoms with Gasteiger partial charge in [-0.25, -0.2) is 4.98 Å². The number of aryl methyl sites for hydroxylation is 1. The summed E-state index contributed by atoms with van der Waals surface area (Å²) in [6.07, 6.45) is 1.07. The molecule has 1 fully saturated rings. The molecule has 6 nitrogen and oxygen atoms in total. The van der Waals surface area contributed by atoms with Crippen LogP contribution in [0.4, 0.5) is 0 Å². The molecule has 1 aromatic heterocycles. The summed E-state index contributed by atoms with van der Waals surface area (Å²) in [6, 6.07) is 7.26. The van der Waals surface area contributed by atoms with Gasteiger partial charge in [0.1, 0.15) is 5.82 Å². The summed E-state index contributed by atoms with van der Waals surface area (Å²) in [7, 11) is 0. The first-order valence-corrected chi connectivity index (χ1v) is 7.16. The number of nitrogens with zero attached hydrogens (tertiary/aromatic N) is 3. The molecule has 1 atom stereocenters. The minimum atomic E-state index is -0.394. The van der Waals surface area contributed by atoms with E-state index < -0.39 is 6.10 Å². The third kappa shape index (κ3) is 2.80. The lowest BCUT2D eigenvalue weighted by atomic mass is 10.1. The van der Waals surface area contributed by atoms with Gasteiger partial charge in [-0.05, 0) is 18.6 Å². The number of H-pyrrole nitrogens is 1. The van der Waals surface area contributed by atoms with Gasteiger partial charge in [-0.15, -0.1) is 0 Å². The number of amides is 1. The molecule has 0 saturated carbocycles. The van der Waals surface area contributed by atoms with Crippen molar-refractivity contribution in [2.75, 3.05) is 13.1 Å². The molecule has 6 heteroatoms. The molecule has 21 heavy (non-hydrogen) atoms. The Kier molecular flexibility index (Phi) is 3.70. The first-order chi connectivity index (χ1) is 10.2. The fraction of sp³-hybridized carbons (Fsp3) is 0.400. The first-order valence-electron chi connectivity index (χ1n) is 7.16. The van der Waals surface area contributed by atoms with E-state index in [2.05, 4.69) is 15.2 Å². The number of β-amino-alcohol motifs (C(OH)–C–C–N with tert-alkyl or cyclic N) is 1. The van der Waals surface area contributed by atoms with Crippen LogP contribution in [0.25, 0.3) is 11.4 Å². The van der Waals surface area contributed by atoms with Crippen molar-refractivity contribution in [3.63, 3.8) is 0 Å². The van der Waals surface area contributed by atoms with Gasteiger partial charge in [-0.2, -0.15) is 5.10 Å². The maximum Gasteiger partial charge on any atom is 0.253 e. The quantitative estimate of drug-likeness (QED) is 0.889. The Balaban J connectivity index is 1.76. The van der Waals surface area contributed by atoms with Gasteiger partial charge in [0, 0.05) is 30.6 Å². The van der Waals surface area contributed by atoms with E-state index in [-0.39, 0.29) is 5.91 Å². The molecule has 2 heterocycles. The molecule has 1 aliphatic rings. The smallest absolute Gasteiger partial charge is 0.253 e. The maximum atomic E-state index is 12.3. The van der Waals surface area contributed by atoms with Crippen molar-refractivity contribution in [1.29, 1.82) is 0 Å². The number of carbonyl (C=O) groups is 1. The number of aliphatic hydroxyl groups is 1. The van der Waals surface area contributed by atoms with E-state index >= 15 is 0 Å². The molecule has 0 unspecified atom stereocenters. The highest BCUT2D eigenvalue weighted by Gasteiger charge is 2.25. The highest BCUT2D eigenvalue weighted by Crippen LogP contribution is 2.18. The molecule has 0 aliphatic carbocycles. The summed E-state index contributed by atoms with van der Waals surface area (Å²) < 4.78 is 0. The molecule has 110 valence electrons. The average molecular weight is 286 g/mol. The lowest BCUT2D eigenvalue weighted by molar-refractivity contribution is 0.0765. The molecule has 2 N–H and O–H groups in total. The zero-order valence-corrected chi connectivity index (χ0v) is 11.9. The predicted octanol–water partition coefficient (Wildman–Crippen LogP) is 1.24. The molecule has 0 bridgehead atoms. The topological polar surface area (TPSA) is 82.1 Å². The Labute approximate surface area is 122 Å². The van der Waals surface area contributed by atoms with Crippen LogP contribution in [0.3, 0.4) is 0 Å². The molecule has 3 rings (SSSR count). The maximum absolute atomic E-state index is 12.3. The molecule has 1 aromatic carbocycles. The van der Waals surface area contributed by atoms with E-state index in [4.69, 9.17) is 0 Å². The summed E-state index contributed by atoms with van der Waals surface area (Å²) in [6.45, 7) is 3.04. The van der Waals surface area contributed by atoms with Crippen LogP contribution >= 0.6 is 0 Å². The van der Waals surface area contributed by atoms with Crippen molar-refractivity contribution in [2.45, 2.75) is 25.9 Å². The van der Waals surface area contributed by atoms with Gasteiger partial charge in [0.05, 0.1) is 6.10 Å². The number of carbonyl (C=O) groups excluding carboxylic acids is 1. The van der Waals surface area contributed by atoms with Gasteiger partial charge >= 0.3 is 0 Å². The van der Waals surface area contributed by atoms with Crippen molar-refractivity contribution in [1.82, 2.24) is 20.1 Å². The van der Waals surface area contributed by atoms with Gasteiger partial charge in [0.15, 0.2) is 5.82 Å². The molecule has 0 radical (unpaired) electrons. The van der Waals surface area contributed by atoms with Crippen LogP contribution in [-0.4, -0.2) is 50.3 Å². The third-order valence-electron chi connectivity index (χ3n) is 3.71. The number of aromatic amines is 1. The fourth-order valence-corrected chi connectivity index (χ4v) is 2.45. The number of aromatic nitrogens is 3. The average Bonchev–Trinajstić information content (AvgIpc) is 3.15. The van der Waals surface area contributed by atoms with Crippen LogP contribution < -0.4 is 0 Å². The Morgan fingerprint density at radius 3 is 2.76 bits per heavy atom. The Morgan fingerprint density at radius 1 is 1.43 bits per heavy atom. The number of likely N-dealkylation sites (tertiary alicyclic amines) is 1. The minimum absolute atomic E-state index is 0.0395. The van der Waals surface area contributed by atoms with Gasteiger partial charge in [0.25, 0.3) is 5.91 Å². The lowest BCUT2D eigenvalue weighted by Gasteiger charge is -2.15. The molecule has 2 aromatic rings. The monoisotopic (exact) mass is 286 g/mol. The van der Waals surface area contributed by atoms with E-state index in [1.165, 1.54) is 0 Å². The third-order valence-corrected chi connectivity index (χ3v) is 3.71. The highest BCUT2D eigenvalue weighted by molar-refractivity contribution is 5.94. The second-order valence-electron chi connectivity index (χ2n) is 5.23. The second kappa shape index (κ2) is 5.65. The Morgan fingerprint density at radius 2 is 2.19 bits per heavy atom. The van der Waals surface area contributed by atoms with Crippen molar-refractivity contribution < 1.29 is 9.90 Å². The zero-order chi connectivity index (χ0) is 14.8. The number of aliphatic hydroxyl groups excluding tert-OH is 1. The van der Waals surface area contributed by atoms with Crippen molar-refractivity contribution in [3.8, 4) is 11.4 Å². The SMILES string of the molecule is CCc1nc(-c2ccc(C(=O)N3CC[C@@H](O)C3)cc2)n[nH]1. The Bertz CT molecular complexity index is 635. The highest BCUT2D eigenvalue weighted by atomic mass is 16.3. The lowest BCUT2D eigenvalue weighted by Crippen LogP contribution is -2.29. The van der Waals surface area contributed by atoms with Crippen LogP contribution in [0.15, 0.2) is 24.3 Å². The summed E-state index contributed by atoms with van der Waals surface area (Å²) >= 11 is 0. The Hall–Kier alpha value is -2.21. The zero-order valence-electron chi connectivity index (χ0n) is 11.9. The van der Waals surface area contributed by atoms with Crippen LogP contribution in [0.5, 0.6) is 0 Å². The van der Waals surface area contributed by atoms with E-state index in [0.717, 1.165) is 17.8 Å². The van der Waals surface area contributed by atoms with Crippen molar-refractivity contribution >= 4 is 5.91 Å². The van der Waals surface area contributed by atoms with Crippen LogP contribution in [-0.2, 0) is 6.42 Å². The standard InChI is InChI=1S/C15H18N4O2/c1-2-13-16-14(18-17-13)10-3-5-11(6-4-10)15(21)19-8-7-12(20)9-19/h3-6,12,20H,2,7-9H2,1H3,(H,16,17,18)/t12-/m1/s1. The molecular formula is C15H18N4O2. The number of benzene rings is 1. The van der Waals surface area contributed by atoms with Crippen molar-refractivity contribution in [3.05, 3.63) is 35.7 Å². The number of nitrogens with one attached hydrogen (secondary N) is 1. The number of hydrogen-bond donors (Lipinski definition) is 2. The predicted molar refractivity (Wildman–Crippen MR) is 77.7 cm³/mol. The number of hydrogen-bond acceptors (Lipinski definition) is 4. The second-order valence-corrected chi connectivity index (χ2v) is 5.23. The minimum Gasteiger partial charge on any atom is -0.391 e. The summed E-state index contributed by atoms with van der Waals surface area (Å²) in [5.41, 5.74) is 1.50. The normalized spacial score (nSPS) is 18.2. The first kappa shape index (κ1) is 13.8. The van der Waals surface area contributed by atoms with Gasteiger partial charge in [-0.1, -0.05) is 19.1 Å². The summed E-state index contributed by atoms with van der Waals surface area (Å²) in [5.74, 6) is 1.45. The summed E-state index contributed by atoms with van der Waals surface area (Å²) in [5, 5.41) is 16.5. The molecule has 0 spiro atoms. The largest absolute Gasteiger partial charge is 0.391 e. The van der Waals surface area contributed by atoms with Crippen LogP contribution in [0.2, 0.25) is 0 Å². The van der Waals surface area contributed by atoms with Gasteiger partial charge < -0.3 is 10.0 Å². The molecule has 1 amide bonds. The van der Waals surface area contributed by atoms with E-state index in [1.54, 1.807) is 17.0 Å². The van der Waals surface area contributed by atoms with Gasteiger partial charge in [-0.3, -0.25) is 9.89 Å². The fourth-order valence-electron chi connectivity index (χ4n) is 2.45. The molecular weight excluding hydrogens is 268 g/mol. The van der Waals surface area contributed by atoms with Crippen molar-refractivity contribution in [2.24, 2.45) is 0 Å². The van der Waals surface area contributed by atoms with Crippen LogP contribution in [0.1, 0.15) is 29.5 Å². The number of rotatable bonds is 3. The summed E-state index contributed by atoms with van der Waals surface area (Å²) in [4.78, 5) is 18.3. The van der Waals surface area contributed by atoms with E-state index in [0.29, 0.717) is 30.9 Å².